The average Bonchev–Trinajstić information content (AvgIpc) is 3.41. The Morgan fingerprint density at radius 2 is 1.74 bits per heavy atom. The van der Waals surface area contributed by atoms with Crippen LogP contribution in [0.2, 0.25) is 0 Å². The first kappa shape index (κ1) is 16.5. The molecule has 2 aromatic heterocycles. The minimum Gasteiger partial charge on any atom is -0.321 e. The lowest BCUT2D eigenvalue weighted by Gasteiger charge is -2.15. The molecule has 1 N–H and O–H groups in total. The van der Waals surface area contributed by atoms with Gasteiger partial charge in [0.05, 0.1) is 5.56 Å². The SMILES string of the molecule is O=c1[nH]c2ccccc2c(-c2cccc(C3CCCC3)c2)c1-c1cccs1. The van der Waals surface area contributed by atoms with Crippen molar-refractivity contribution in [2.24, 2.45) is 0 Å². The zero-order valence-corrected chi connectivity index (χ0v) is 15.9. The molecule has 1 saturated carbocycles. The molecule has 5 rings (SSSR count). The van der Waals surface area contributed by atoms with Gasteiger partial charge in [-0.2, -0.15) is 0 Å². The van der Waals surface area contributed by atoms with Gasteiger partial charge in [0.2, 0.25) is 0 Å². The second-order valence-electron chi connectivity index (χ2n) is 7.33. The predicted octanol–water partition coefficient (Wildman–Crippen LogP) is 6.58. The molecule has 2 nitrogen and oxygen atoms in total. The highest BCUT2D eigenvalue weighted by Crippen LogP contribution is 2.40. The van der Waals surface area contributed by atoms with Crippen molar-refractivity contribution in [1.82, 2.24) is 4.98 Å². The largest absolute Gasteiger partial charge is 0.321 e. The highest BCUT2D eigenvalue weighted by atomic mass is 32.1. The van der Waals surface area contributed by atoms with E-state index in [4.69, 9.17) is 0 Å². The number of fused-ring (bicyclic) bond motifs is 1. The van der Waals surface area contributed by atoms with E-state index in [9.17, 15) is 4.79 Å². The van der Waals surface area contributed by atoms with Crippen molar-refractivity contribution in [3.05, 3.63) is 82.0 Å². The van der Waals surface area contributed by atoms with Gasteiger partial charge in [0.1, 0.15) is 0 Å². The number of thiophene rings is 1. The molecule has 2 aromatic carbocycles. The van der Waals surface area contributed by atoms with Crippen LogP contribution in [0.25, 0.3) is 32.5 Å². The normalized spacial score (nSPS) is 14.8. The Morgan fingerprint density at radius 1 is 0.889 bits per heavy atom. The van der Waals surface area contributed by atoms with Gasteiger partial charge in [-0.05, 0) is 47.4 Å². The lowest BCUT2D eigenvalue weighted by Crippen LogP contribution is -2.10. The fraction of sp³-hybridized carbons (Fsp3) is 0.208. The Balaban J connectivity index is 1.80. The maximum atomic E-state index is 13.0. The molecule has 3 heteroatoms. The van der Waals surface area contributed by atoms with Gasteiger partial charge in [-0.25, -0.2) is 0 Å². The highest BCUT2D eigenvalue weighted by Gasteiger charge is 2.20. The molecule has 134 valence electrons. The van der Waals surface area contributed by atoms with E-state index in [0.717, 1.165) is 32.5 Å². The predicted molar refractivity (Wildman–Crippen MR) is 115 cm³/mol. The first-order valence-electron chi connectivity index (χ1n) is 9.60. The van der Waals surface area contributed by atoms with Gasteiger partial charge in [-0.15, -0.1) is 11.3 Å². The van der Waals surface area contributed by atoms with Crippen LogP contribution < -0.4 is 5.56 Å². The van der Waals surface area contributed by atoms with Crippen LogP contribution in [0.3, 0.4) is 0 Å². The van der Waals surface area contributed by atoms with Crippen LogP contribution in [0.15, 0.2) is 70.8 Å². The number of H-pyrrole nitrogens is 1. The number of aromatic amines is 1. The van der Waals surface area contributed by atoms with E-state index in [-0.39, 0.29) is 5.56 Å². The summed E-state index contributed by atoms with van der Waals surface area (Å²) in [7, 11) is 0. The molecule has 0 radical (unpaired) electrons. The summed E-state index contributed by atoms with van der Waals surface area (Å²) in [5, 5.41) is 3.13. The second kappa shape index (κ2) is 6.82. The van der Waals surface area contributed by atoms with Crippen LogP contribution >= 0.6 is 11.3 Å². The van der Waals surface area contributed by atoms with Crippen LogP contribution in [-0.4, -0.2) is 4.98 Å². The molecular weight excluding hydrogens is 350 g/mol. The third-order valence-corrected chi connectivity index (χ3v) is 6.58. The fourth-order valence-corrected chi connectivity index (χ4v) is 5.18. The summed E-state index contributed by atoms with van der Waals surface area (Å²) in [6.07, 6.45) is 5.20. The Hall–Kier alpha value is -2.65. The number of aromatic nitrogens is 1. The minimum atomic E-state index is -0.0163. The topological polar surface area (TPSA) is 32.9 Å². The summed E-state index contributed by atoms with van der Waals surface area (Å²) in [5.41, 5.74) is 5.27. The molecule has 0 aliphatic heterocycles. The van der Waals surface area contributed by atoms with E-state index in [1.165, 1.54) is 31.2 Å². The van der Waals surface area contributed by atoms with Gasteiger partial charge in [0, 0.05) is 21.3 Å². The van der Waals surface area contributed by atoms with Crippen LogP contribution in [0.1, 0.15) is 37.2 Å². The monoisotopic (exact) mass is 371 g/mol. The van der Waals surface area contributed by atoms with Gasteiger partial charge in [0.15, 0.2) is 0 Å². The van der Waals surface area contributed by atoms with Crippen LogP contribution in [-0.2, 0) is 0 Å². The summed E-state index contributed by atoms with van der Waals surface area (Å²) >= 11 is 1.62. The standard InChI is InChI=1S/C24H21NOS/c26-24-23(21-13-6-14-27-21)22(19-11-3-4-12-20(19)25-24)18-10-5-9-17(15-18)16-7-1-2-8-16/h3-6,9-16H,1-2,7-8H2,(H,25,26). The summed E-state index contributed by atoms with van der Waals surface area (Å²) in [5.74, 6) is 0.656. The lowest BCUT2D eigenvalue weighted by atomic mass is 9.90. The summed E-state index contributed by atoms with van der Waals surface area (Å²) in [6, 6.07) is 21.0. The number of hydrogen-bond acceptors (Lipinski definition) is 2. The zero-order chi connectivity index (χ0) is 18.2. The third-order valence-electron chi connectivity index (χ3n) is 5.69. The molecule has 0 spiro atoms. The van der Waals surface area contributed by atoms with E-state index in [1.807, 2.05) is 35.7 Å². The summed E-state index contributed by atoms with van der Waals surface area (Å²) < 4.78 is 0. The smallest absolute Gasteiger partial charge is 0.257 e. The quantitative estimate of drug-likeness (QED) is 0.433. The zero-order valence-electron chi connectivity index (χ0n) is 15.1. The van der Waals surface area contributed by atoms with Gasteiger partial charge in [-0.3, -0.25) is 4.79 Å². The molecule has 0 amide bonds. The fourth-order valence-electron chi connectivity index (χ4n) is 4.41. The van der Waals surface area contributed by atoms with Crippen molar-refractivity contribution in [3.63, 3.8) is 0 Å². The van der Waals surface area contributed by atoms with E-state index in [2.05, 4.69) is 35.3 Å². The van der Waals surface area contributed by atoms with Crippen molar-refractivity contribution in [2.45, 2.75) is 31.6 Å². The van der Waals surface area contributed by atoms with E-state index in [0.29, 0.717) is 5.92 Å². The number of pyridine rings is 1. The number of para-hydroxylation sites is 1. The van der Waals surface area contributed by atoms with Crippen molar-refractivity contribution < 1.29 is 0 Å². The Labute approximate surface area is 162 Å². The van der Waals surface area contributed by atoms with Crippen molar-refractivity contribution in [1.29, 1.82) is 0 Å². The van der Waals surface area contributed by atoms with Gasteiger partial charge in [0.25, 0.3) is 5.56 Å². The second-order valence-corrected chi connectivity index (χ2v) is 8.28. The molecule has 1 fully saturated rings. The molecule has 27 heavy (non-hydrogen) atoms. The Bertz CT molecular complexity index is 1150. The molecule has 4 aromatic rings. The van der Waals surface area contributed by atoms with Gasteiger partial charge >= 0.3 is 0 Å². The van der Waals surface area contributed by atoms with Crippen molar-refractivity contribution >= 4 is 22.2 Å². The number of nitrogens with one attached hydrogen (secondary N) is 1. The number of hydrogen-bond donors (Lipinski definition) is 1. The van der Waals surface area contributed by atoms with E-state index < -0.39 is 0 Å². The number of benzene rings is 2. The highest BCUT2D eigenvalue weighted by molar-refractivity contribution is 7.13. The van der Waals surface area contributed by atoms with Crippen LogP contribution in [0.4, 0.5) is 0 Å². The summed E-state index contributed by atoms with van der Waals surface area (Å²) in [6.45, 7) is 0. The Morgan fingerprint density at radius 3 is 2.56 bits per heavy atom. The van der Waals surface area contributed by atoms with E-state index >= 15 is 0 Å². The molecular formula is C24H21NOS. The van der Waals surface area contributed by atoms with Gasteiger partial charge < -0.3 is 4.98 Å². The molecule has 1 aliphatic rings. The van der Waals surface area contributed by atoms with Crippen LogP contribution in [0, 0.1) is 0 Å². The van der Waals surface area contributed by atoms with E-state index in [1.54, 1.807) is 11.3 Å². The molecule has 0 saturated heterocycles. The minimum absolute atomic E-state index is 0.0163. The molecule has 1 aliphatic carbocycles. The maximum Gasteiger partial charge on any atom is 0.257 e. The van der Waals surface area contributed by atoms with Crippen LogP contribution in [0.5, 0.6) is 0 Å². The summed E-state index contributed by atoms with van der Waals surface area (Å²) in [4.78, 5) is 17.1. The first-order valence-corrected chi connectivity index (χ1v) is 10.5. The number of rotatable bonds is 3. The maximum absolute atomic E-state index is 13.0. The van der Waals surface area contributed by atoms with Crippen molar-refractivity contribution in [3.8, 4) is 21.6 Å². The molecule has 0 unspecified atom stereocenters. The molecule has 0 bridgehead atoms. The lowest BCUT2D eigenvalue weighted by molar-refractivity contribution is 0.723. The van der Waals surface area contributed by atoms with Gasteiger partial charge in [-0.1, -0.05) is 61.4 Å². The first-order chi connectivity index (χ1) is 13.3. The molecule has 0 atom stereocenters. The van der Waals surface area contributed by atoms with Crippen molar-refractivity contribution in [2.75, 3.05) is 0 Å². The average molecular weight is 372 g/mol. The Kier molecular flexibility index (Phi) is 4.17. The third kappa shape index (κ3) is 2.92. The molecule has 2 heterocycles.